The lowest BCUT2D eigenvalue weighted by Gasteiger charge is -2.30. The molecule has 1 fully saturated rings. The third kappa shape index (κ3) is 3.39. The molecule has 6 heteroatoms. The number of hydrogen-bond acceptors (Lipinski definition) is 3. The van der Waals surface area contributed by atoms with Gasteiger partial charge in [-0.15, -0.1) is 0 Å². The van der Waals surface area contributed by atoms with Crippen LogP contribution in [0.1, 0.15) is 24.0 Å². The van der Waals surface area contributed by atoms with Gasteiger partial charge in [-0.2, -0.15) is 5.10 Å². The molecule has 2 heterocycles. The number of fused-ring (bicyclic) bond motifs is 1. The molecule has 0 bridgehead atoms. The minimum absolute atomic E-state index is 0.250. The van der Waals surface area contributed by atoms with Gasteiger partial charge < -0.3 is 10.0 Å². The molecule has 1 N–H and O–H groups in total. The van der Waals surface area contributed by atoms with Crippen LogP contribution in [0.5, 0.6) is 0 Å². The number of rotatable bonds is 4. The molecule has 1 saturated heterocycles. The van der Waals surface area contributed by atoms with E-state index in [-0.39, 0.29) is 5.92 Å². The Morgan fingerprint density at radius 3 is 2.63 bits per heavy atom. The van der Waals surface area contributed by atoms with Gasteiger partial charge >= 0.3 is 5.97 Å². The van der Waals surface area contributed by atoms with Crippen molar-refractivity contribution < 1.29 is 9.90 Å². The predicted molar refractivity (Wildman–Crippen MR) is 108 cm³/mol. The molecule has 27 heavy (non-hydrogen) atoms. The SMILES string of the molecule is Cc1cccc(Cl)c1Cn1nc(N2CCC(C(=O)O)CC2)c2ccccc21. The van der Waals surface area contributed by atoms with E-state index in [0.29, 0.717) is 32.5 Å². The van der Waals surface area contributed by atoms with Crippen LogP contribution < -0.4 is 4.90 Å². The number of anilines is 1. The third-order valence-electron chi connectivity index (χ3n) is 5.44. The lowest BCUT2D eigenvalue weighted by molar-refractivity contribution is -0.142. The molecule has 5 nitrogen and oxygen atoms in total. The zero-order valence-electron chi connectivity index (χ0n) is 15.2. The monoisotopic (exact) mass is 383 g/mol. The van der Waals surface area contributed by atoms with E-state index >= 15 is 0 Å². The molecule has 0 amide bonds. The number of para-hydroxylation sites is 1. The number of carboxylic acid groups (broad SMARTS) is 1. The van der Waals surface area contributed by atoms with Crippen LogP contribution in [0.3, 0.4) is 0 Å². The number of benzene rings is 2. The summed E-state index contributed by atoms with van der Waals surface area (Å²) < 4.78 is 2.00. The van der Waals surface area contributed by atoms with Crippen molar-refractivity contribution in [2.24, 2.45) is 5.92 Å². The number of nitrogens with zero attached hydrogens (tertiary/aromatic N) is 3. The first-order valence-electron chi connectivity index (χ1n) is 9.22. The summed E-state index contributed by atoms with van der Waals surface area (Å²) >= 11 is 6.42. The van der Waals surface area contributed by atoms with Gasteiger partial charge in [0.15, 0.2) is 5.82 Å². The Morgan fingerprint density at radius 1 is 1.19 bits per heavy atom. The highest BCUT2D eigenvalue weighted by atomic mass is 35.5. The first-order chi connectivity index (χ1) is 13.0. The van der Waals surface area contributed by atoms with Crippen molar-refractivity contribution in [3.05, 3.63) is 58.6 Å². The topological polar surface area (TPSA) is 58.4 Å². The zero-order valence-corrected chi connectivity index (χ0v) is 16.0. The average Bonchev–Trinajstić information content (AvgIpc) is 3.04. The van der Waals surface area contributed by atoms with Gasteiger partial charge in [0, 0.05) is 23.5 Å². The van der Waals surface area contributed by atoms with Crippen molar-refractivity contribution in [2.75, 3.05) is 18.0 Å². The number of piperidine rings is 1. The van der Waals surface area contributed by atoms with E-state index in [1.807, 2.05) is 28.9 Å². The molecule has 0 atom stereocenters. The second-order valence-corrected chi connectivity index (χ2v) is 7.54. The summed E-state index contributed by atoms with van der Waals surface area (Å²) in [6.45, 7) is 4.09. The van der Waals surface area contributed by atoms with Crippen molar-refractivity contribution in [3.8, 4) is 0 Å². The van der Waals surface area contributed by atoms with Gasteiger partial charge in [0.2, 0.25) is 0 Å². The van der Waals surface area contributed by atoms with Gasteiger partial charge in [-0.1, -0.05) is 35.9 Å². The smallest absolute Gasteiger partial charge is 0.306 e. The zero-order chi connectivity index (χ0) is 19.0. The molecule has 1 aliphatic heterocycles. The first-order valence-corrected chi connectivity index (χ1v) is 9.59. The summed E-state index contributed by atoms with van der Waals surface area (Å²) in [5.41, 5.74) is 3.28. The van der Waals surface area contributed by atoms with E-state index in [4.69, 9.17) is 16.7 Å². The van der Waals surface area contributed by atoms with Gasteiger partial charge in [-0.3, -0.25) is 9.48 Å². The Bertz CT molecular complexity index is 970. The van der Waals surface area contributed by atoms with Crippen molar-refractivity contribution in [1.82, 2.24) is 9.78 Å². The number of hydrogen-bond donors (Lipinski definition) is 1. The summed E-state index contributed by atoms with van der Waals surface area (Å²) in [4.78, 5) is 13.4. The summed E-state index contributed by atoms with van der Waals surface area (Å²) in [5.74, 6) is -0.0150. The molecule has 1 aromatic heterocycles. The fourth-order valence-corrected chi connectivity index (χ4v) is 4.10. The molecule has 140 valence electrons. The number of aliphatic carboxylic acids is 1. The Kier molecular flexibility index (Phi) is 4.79. The van der Waals surface area contributed by atoms with Gasteiger partial charge in [0.05, 0.1) is 18.0 Å². The van der Waals surface area contributed by atoms with Crippen LogP contribution in [0.25, 0.3) is 10.9 Å². The minimum Gasteiger partial charge on any atom is -0.481 e. The highest BCUT2D eigenvalue weighted by Gasteiger charge is 2.27. The first kappa shape index (κ1) is 17.9. The minimum atomic E-state index is -0.695. The van der Waals surface area contributed by atoms with Crippen LogP contribution >= 0.6 is 11.6 Å². The Morgan fingerprint density at radius 2 is 1.93 bits per heavy atom. The molecule has 2 aromatic carbocycles. The number of aromatic nitrogens is 2. The van der Waals surface area contributed by atoms with Crippen LogP contribution in [0.15, 0.2) is 42.5 Å². The number of carboxylic acids is 1. The Balaban J connectivity index is 1.69. The Labute approximate surface area is 163 Å². The fourth-order valence-electron chi connectivity index (χ4n) is 3.82. The summed E-state index contributed by atoms with van der Waals surface area (Å²) in [5, 5.41) is 16.0. The average molecular weight is 384 g/mol. The molecule has 0 aliphatic carbocycles. The standard InChI is InChI=1S/C21H22ClN3O2/c1-14-5-4-7-18(22)17(14)13-25-19-8-3-2-6-16(19)20(23-25)24-11-9-15(10-12-24)21(26)27/h2-8,15H,9-13H2,1H3,(H,26,27). The van der Waals surface area contributed by atoms with Crippen molar-refractivity contribution >= 4 is 34.3 Å². The van der Waals surface area contributed by atoms with Crippen LogP contribution in [-0.2, 0) is 11.3 Å². The lowest BCUT2D eigenvalue weighted by Crippen LogP contribution is -2.36. The van der Waals surface area contributed by atoms with E-state index in [0.717, 1.165) is 32.9 Å². The van der Waals surface area contributed by atoms with E-state index in [1.54, 1.807) is 0 Å². The van der Waals surface area contributed by atoms with Gasteiger partial charge in [0.1, 0.15) is 0 Å². The van der Waals surface area contributed by atoms with Crippen LogP contribution in [0.4, 0.5) is 5.82 Å². The second-order valence-electron chi connectivity index (χ2n) is 7.13. The van der Waals surface area contributed by atoms with Crippen molar-refractivity contribution in [1.29, 1.82) is 0 Å². The van der Waals surface area contributed by atoms with Crippen LogP contribution in [-0.4, -0.2) is 33.9 Å². The number of carbonyl (C=O) groups is 1. The molecule has 1 aliphatic rings. The Hall–Kier alpha value is -2.53. The summed E-state index contributed by atoms with van der Waals surface area (Å²) in [6.07, 6.45) is 1.31. The molecular weight excluding hydrogens is 362 g/mol. The van der Waals surface area contributed by atoms with Crippen molar-refractivity contribution in [2.45, 2.75) is 26.3 Å². The van der Waals surface area contributed by atoms with Gasteiger partial charge in [-0.25, -0.2) is 0 Å². The molecule has 0 radical (unpaired) electrons. The quantitative estimate of drug-likeness (QED) is 0.727. The highest BCUT2D eigenvalue weighted by molar-refractivity contribution is 6.31. The summed E-state index contributed by atoms with van der Waals surface area (Å²) in [7, 11) is 0. The maximum Gasteiger partial charge on any atom is 0.306 e. The normalized spacial score (nSPS) is 15.4. The molecule has 0 unspecified atom stereocenters. The van der Waals surface area contributed by atoms with Crippen molar-refractivity contribution in [3.63, 3.8) is 0 Å². The number of aryl methyl sites for hydroxylation is 1. The largest absolute Gasteiger partial charge is 0.481 e. The maximum atomic E-state index is 11.2. The third-order valence-corrected chi connectivity index (χ3v) is 5.80. The molecule has 0 spiro atoms. The fraction of sp³-hybridized carbons (Fsp3) is 0.333. The van der Waals surface area contributed by atoms with E-state index in [9.17, 15) is 9.90 Å². The molecule has 4 rings (SSSR count). The predicted octanol–water partition coefficient (Wildman–Crippen LogP) is 4.35. The lowest BCUT2D eigenvalue weighted by atomic mass is 9.97. The molecule has 0 saturated carbocycles. The summed E-state index contributed by atoms with van der Waals surface area (Å²) in [6, 6.07) is 14.1. The second kappa shape index (κ2) is 7.24. The van der Waals surface area contributed by atoms with E-state index in [2.05, 4.69) is 30.0 Å². The van der Waals surface area contributed by atoms with E-state index in [1.165, 1.54) is 0 Å². The highest BCUT2D eigenvalue weighted by Crippen LogP contribution is 2.31. The maximum absolute atomic E-state index is 11.2. The van der Waals surface area contributed by atoms with Crippen LogP contribution in [0, 0.1) is 12.8 Å². The number of halogens is 1. The van der Waals surface area contributed by atoms with Gasteiger partial charge in [0.25, 0.3) is 0 Å². The van der Waals surface area contributed by atoms with Gasteiger partial charge in [-0.05, 0) is 49.1 Å². The molecular formula is C21H22ClN3O2. The molecule has 3 aromatic rings. The van der Waals surface area contributed by atoms with Crippen LogP contribution in [0.2, 0.25) is 5.02 Å². The van der Waals surface area contributed by atoms with E-state index < -0.39 is 5.97 Å².